The van der Waals surface area contributed by atoms with Crippen molar-refractivity contribution >= 4 is 40.2 Å². The van der Waals surface area contributed by atoms with Crippen molar-refractivity contribution in [2.75, 3.05) is 33.3 Å². The molecule has 0 radical (unpaired) electrons. The molecule has 33 heavy (non-hydrogen) atoms. The zero-order valence-corrected chi connectivity index (χ0v) is 21.1. The predicted octanol–water partition coefficient (Wildman–Crippen LogP) is 6.08. The minimum absolute atomic E-state index is 0.0815. The predicted molar refractivity (Wildman–Crippen MR) is 137 cm³/mol. The number of methoxy groups -OCH3 is 1. The summed E-state index contributed by atoms with van der Waals surface area (Å²) in [7, 11) is 1.64. The van der Waals surface area contributed by atoms with Crippen LogP contribution in [-0.4, -0.2) is 49.1 Å². The number of hydrogen-bond acceptors (Lipinski definition) is 4. The van der Waals surface area contributed by atoms with Crippen molar-refractivity contribution in [1.82, 2.24) is 15.2 Å². The van der Waals surface area contributed by atoms with Crippen LogP contribution in [0.1, 0.15) is 37.2 Å². The zero-order valence-electron chi connectivity index (χ0n) is 19.5. The number of benzene rings is 2. The average molecular weight is 486 g/mol. The molecule has 4 rings (SSSR count). The van der Waals surface area contributed by atoms with Crippen LogP contribution in [0, 0.1) is 11.8 Å². The van der Waals surface area contributed by atoms with Crippen molar-refractivity contribution < 1.29 is 9.53 Å². The summed E-state index contributed by atoms with van der Waals surface area (Å²) in [5, 5.41) is 4.81. The second-order valence-electron chi connectivity index (χ2n) is 9.11. The third-order valence-electron chi connectivity index (χ3n) is 6.10. The smallest absolute Gasteiger partial charge is 0.268 e. The number of rotatable bonds is 8. The second-order valence-corrected chi connectivity index (χ2v) is 10.6. The van der Waals surface area contributed by atoms with E-state index in [1.807, 2.05) is 42.5 Å². The van der Waals surface area contributed by atoms with Gasteiger partial charge in [-0.1, -0.05) is 37.2 Å². The number of ether oxygens (including phenoxy) is 1. The monoisotopic (exact) mass is 485 g/mol. The number of amides is 1. The Balaban J connectivity index is 1.46. The molecule has 2 heterocycles. The van der Waals surface area contributed by atoms with E-state index >= 15 is 0 Å². The maximum Gasteiger partial charge on any atom is 0.268 e. The summed E-state index contributed by atoms with van der Waals surface area (Å²) in [6.45, 7) is 8.64. The largest absolute Gasteiger partial charge is 0.497 e. The van der Waals surface area contributed by atoms with E-state index in [0.717, 1.165) is 64.3 Å². The lowest BCUT2D eigenvalue weighted by Crippen LogP contribution is -2.40. The van der Waals surface area contributed by atoms with Gasteiger partial charge in [0.1, 0.15) is 11.4 Å². The van der Waals surface area contributed by atoms with Gasteiger partial charge in [0.25, 0.3) is 5.91 Å². The first-order valence-electron chi connectivity index (χ1n) is 11.6. The summed E-state index contributed by atoms with van der Waals surface area (Å²) in [6, 6.07) is 13.5. The van der Waals surface area contributed by atoms with E-state index in [0.29, 0.717) is 17.3 Å². The zero-order chi connectivity index (χ0) is 23.4. The van der Waals surface area contributed by atoms with Crippen LogP contribution in [0.25, 0.3) is 10.9 Å². The number of hydrogen-bond donors (Lipinski definition) is 2. The van der Waals surface area contributed by atoms with Crippen LogP contribution < -0.4 is 10.1 Å². The molecule has 1 aliphatic heterocycles. The van der Waals surface area contributed by atoms with Gasteiger partial charge in [0.15, 0.2) is 0 Å². The van der Waals surface area contributed by atoms with Gasteiger partial charge in [-0.3, -0.25) is 4.79 Å². The molecule has 176 valence electrons. The highest BCUT2D eigenvalue weighted by molar-refractivity contribution is 7.99. The third-order valence-corrected chi connectivity index (χ3v) is 7.49. The van der Waals surface area contributed by atoms with Gasteiger partial charge in [0.2, 0.25) is 0 Å². The van der Waals surface area contributed by atoms with E-state index < -0.39 is 0 Å². The van der Waals surface area contributed by atoms with Crippen LogP contribution >= 0.6 is 23.4 Å². The Labute approximate surface area is 205 Å². The molecular weight excluding hydrogens is 454 g/mol. The van der Waals surface area contributed by atoms with Crippen LogP contribution in [0.15, 0.2) is 52.3 Å². The number of aromatic nitrogens is 1. The number of fused-ring (bicyclic) bond motifs is 1. The highest BCUT2D eigenvalue weighted by Crippen LogP contribution is 2.38. The van der Waals surface area contributed by atoms with Crippen molar-refractivity contribution in [3.63, 3.8) is 0 Å². The molecule has 1 amide bonds. The lowest BCUT2D eigenvalue weighted by molar-refractivity contribution is 0.0940. The molecule has 2 aromatic carbocycles. The molecule has 2 N–H and O–H groups in total. The Hall–Kier alpha value is -2.15. The summed E-state index contributed by atoms with van der Waals surface area (Å²) in [5.41, 5.74) is 1.46. The van der Waals surface area contributed by atoms with Crippen molar-refractivity contribution in [3.05, 3.63) is 53.2 Å². The molecule has 5 nitrogen and oxygen atoms in total. The van der Waals surface area contributed by atoms with Crippen LogP contribution in [0.5, 0.6) is 5.75 Å². The van der Waals surface area contributed by atoms with Crippen LogP contribution in [-0.2, 0) is 0 Å². The van der Waals surface area contributed by atoms with Crippen LogP contribution in [0.4, 0.5) is 0 Å². The number of carbonyl (C=O) groups is 1. The number of halogens is 1. The van der Waals surface area contributed by atoms with Gasteiger partial charge in [0, 0.05) is 41.0 Å². The van der Waals surface area contributed by atoms with Crippen molar-refractivity contribution in [2.24, 2.45) is 11.8 Å². The lowest BCUT2D eigenvalue weighted by Gasteiger charge is -2.34. The maximum absolute atomic E-state index is 13.2. The molecule has 0 unspecified atom stereocenters. The molecule has 1 aromatic heterocycles. The van der Waals surface area contributed by atoms with Crippen molar-refractivity contribution in [3.8, 4) is 5.75 Å². The molecule has 7 heteroatoms. The Morgan fingerprint density at radius 2 is 1.91 bits per heavy atom. The second kappa shape index (κ2) is 10.9. The number of H-pyrrole nitrogens is 1. The van der Waals surface area contributed by atoms with Gasteiger partial charge in [-0.05, 0) is 67.6 Å². The number of nitrogens with zero attached hydrogens (tertiary/aromatic N) is 1. The highest BCUT2D eigenvalue weighted by atomic mass is 35.5. The lowest BCUT2D eigenvalue weighted by atomic mass is 9.92. The molecule has 0 spiro atoms. The number of carbonyl (C=O) groups excluding carboxylic acids is 1. The number of piperidine rings is 1. The first-order chi connectivity index (χ1) is 15.9. The molecular formula is C26H32ClN3O2S. The normalized spacial score (nSPS) is 19.0. The van der Waals surface area contributed by atoms with E-state index in [2.05, 4.69) is 29.0 Å². The molecule has 0 aliphatic carbocycles. The van der Waals surface area contributed by atoms with Crippen molar-refractivity contribution in [1.29, 1.82) is 0 Å². The molecule has 2 atom stereocenters. The number of aromatic amines is 1. The minimum atomic E-state index is -0.0815. The number of likely N-dealkylation sites (tertiary alicyclic amines) is 1. The number of nitrogens with one attached hydrogen (secondary N) is 2. The van der Waals surface area contributed by atoms with E-state index in [1.54, 1.807) is 18.9 Å². The average Bonchev–Trinajstić information content (AvgIpc) is 3.15. The van der Waals surface area contributed by atoms with Crippen LogP contribution in [0.3, 0.4) is 0 Å². The van der Waals surface area contributed by atoms with Crippen molar-refractivity contribution in [2.45, 2.75) is 36.5 Å². The highest BCUT2D eigenvalue weighted by Gasteiger charge is 2.22. The summed E-state index contributed by atoms with van der Waals surface area (Å²) in [4.78, 5) is 21.0. The van der Waals surface area contributed by atoms with E-state index in [4.69, 9.17) is 16.3 Å². The fourth-order valence-corrected chi connectivity index (χ4v) is 5.90. The Morgan fingerprint density at radius 3 is 2.61 bits per heavy atom. The molecule has 0 bridgehead atoms. The van der Waals surface area contributed by atoms with E-state index in [-0.39, 0.29) is 5.91 Å². The Morgan fingerprint density at radius 1 is 1.18 bits per heavy atom. The van der Waals surface area contributed by atoms with E-state index in [9.17, 15) is 4.79 Å². The summed E-state index contributed by atoms with van der Waals surface area (Å²) in [5.74, 6) is 2.17. The Kier molecular flexibility index (Phi) is 7.89. The minimum Gasteiger partial charge on any atom is -0.497 e. The van der Waals surface area contributed by atoms with Gasteiger partial charge in [0.05, 0.1) is 17.5 Å². The topological polar surface area (TPSA) is 57.4 Å². The first-order valence-corrected chi connectivity index (χ1v) is 12.8. The molecule has 1 aliphatic rings. The first kappa shape index (κ1) is 24.0. The molecule has 0 saturated carbocycles. The van der Waals surface area contributed by atoms with Crippen LogP contribution in [0.2, 0.25) is 5.02 Å². The van der Waals surface area contributed by atoms with Gasteiger partial charge in [-0.2, -0.15) is 0 Å². The summed E-state index contributed by atoms with van der Waals surface area (Å²) >= 11 is 7.61. The Bertz CT molecular complexity index is 1090. The fraction of sp³-hybridized carbons (Fsp3) is 0.423. The standard InChI is InChI=1S/C26H32ClN3O2S/c1-17-13-18(2)16-30(15-17)12-4-11-28-26(31)24-25(33-21-8-5-19(27)6-9-21)22-10-7-20(32-3)14-23(22)29-24/h5-10,14,17-18,29H,4,11-13,15-16H2,1-3H3,(H,28,31)/t17-,18-/m0/s1. The summed E-state index contributed by atoms with van der Waals surface area (Å²) in [6.07, 6.45) is 2.26. The van der Waals surface area contributed by atoms with Gasteiger partial charge >= 0.3 is 0 Å². The maximum atomic E-state index is 13.2. The molecule has 3 aromatic rings. The van der Waals surface area contributed by atoms with Gasteiger partial charge in [-0.15, -0.1) is 0 Å². The SMILES string of the molecule is COc1ccc2c(Sc3ccc(Cl)cc3)c(C(=O)NCCCN3C[C@@H](C)C[C@H](C)C3)[nH]c2c1. The van der Waals surface area contributed by atoms with Gasteiger partial charge in [-0.25, -0.2) is 0 Å². The molecule has 1 saturated heterocycles. The molecule has 1 fully saturated rings. The quantitative estimate of drug-likeness (QED) is 0.380. The fourth-order valence-electron chi connectivity index (χ4n) is 4.73. The van der Waals surface area contributed by atoms with E-state index in [1.165, 1.54) is 6.42 Å². The third kappa shape index (κ3) is 6.05. The summed E-state index contributed by atoms with van der Waals surface area (Å²) < 4.78 is 5.37. The van der Waals surface area contributed by atoms with Gasteiger partial charge < -0.3 is 19.9 Å².